The second-order valence-electron chi connectivity index (χ2n) is 3.16. The summed E-state index contributed by atoms with van der Waals surface area (Å²) >= 11 is 1.30. The maximum absolute atomic E-state index is 11.0. The molecule has 0 unspecified atom stereocenters. The van der Waals surface area contributed by atoms with Crippen LogP contribution in [-0.2, 0) is 0 Å². The molecule has 0 radical (unpaired) electrons. The molecule has 1 heterocycles. The van der Waals surface area contributed by atoms with Crippen molar-refractivity contribution in [2.24, 2.45) is 5.73 Å². The highest BCUT2D eigenvalue weighted by Gasteiger charge is 2.10. The molecular formula is C10H9N3O2S. The molecule has 0 aliphatic rings. The summed E-state index contributed by atoms with van der Waals surface area (Å²) in [6.07, 6.45) is 1.61. The highest BCUT2D eigenvalue weighted by molar-refractivity contribution is 7.18. The summed E-state index contributed by atoms with van der Waals surface area (Å²) in [6.45, 7) is 0. The number of nitrogen functional groups attached to an aromatic ring is 1. The number of aromatic hydroxyl groups is 1. The van der Waals surface area contributed by atoms with Crippen molar-refractivity contribution >= 4 is 22.4 Å². The van der Waals surface area contributed by atoms with Gasteiger partial charge in [0.25, 0.3) is 5.91 Å². The number of amides is 1. The van der Waals surface area contributed by atoms with Crippen LogP contribution in [0.1, 0.15) is 10.4 Å². The third-order valence-corrected chi connectivity index (χ3v) is 2.95. The van der Waals surface area contributed by atoms with E-state index in [4.69, 9.17) is 11.5 Å². The zero-order chi connectivity index (χ0) is 11.7. The lowest BCUT2D eigenvalue weighted by Gasteiger charge is -2.02. The zero-order valence-electron chi connectivity index (χ0n) is 8.18. The molecule has 16 heavy (non-hydrogen) atoms. The molecule has 1 aromatic carbocycles. The fourth-order valence-electron chi connectivity index (χ4n) is 1.31. The van der Waals surface area contributed by atoms with E-state index in [-0.39, 0.29) is 11.3 Å². The molecule has 1 aromatic heterocycles. The Kier molecular flexibility index (Phi) is 2.49. The van der Waals surface area contributed by atoms with Gasteiger partial charge in [0.2, 0.25) is 0 Å². The molecule has 5 N–H and O–H groups in total. The molecule has 0 saturated heterocycles. The van der Waals surface area contributed by atoms with Gasteiger partial charge in [0.15, 0.2) is 5.13 Å². The monoisotopic (exact) mass is 235 g/mol. The van der Waals surface area contributed by atoms with Gasteiger partial charge in [-0.3, -0.25) is 4.79 Å². The van der Waals surface area contributed by atoms with E-state index in [1.807, 2.05) is 0 Å². The Balaban J connectivity index is 2.51. The van der Waals surface area contributed by atoms with Gasteiger partial charge in [0.05, 0.1) is 10.4 Å². The van der Waals surface area contributed by atoms with Crippen molar-refractivity contribution in [3.63, 3.8) is 0 Å². The number of anilines is 1. The number of carbonyl (C=O) groups excluding carboxylic acids is 1. The minimum atomic E-state index is -0.670. The molecule has 0 atom stereocenters. The maximum Gasteiger partial charge on any atom is 0.252 e. The van der Waals surface area contributed by atoms with E-state index in [1.165, 1.54) is 23.5 Å². The van der Waals surface area contributed by atoms with E-state index in [9.17, 15) is 9.90 Å². The van der Waals surface area contributed by atoms with Crippen molar-refractivity contribution in [3.05, 3.63) is 30.0 Å². The number of primary amides is 1. The first kappa shape index (κ1) is 10.4. The van der Waals surface area contributed by atoms with Crippen LogP contribution in [0, 0.1) is 0 Å². The quantitative estimate of drug-likeness (QED) is 0.727. The molecule has 2 rings (SSSR count). The molecule has 82 valence electrons. The highest BCUT2D eigenvalue weighted by atomic mass is 32.1. The number of hydrogen-bond donors (Lipinski definition) is 3. The van der Waals surface area contributed by atoms with Gasteiger partial charge in [-0.1, -0.05) is 11.3 Å². The van der Waals surface area contributed by atoms with E-state index in [0.29, 0.717) is 5.13 Å². The predicted octanol–water partition coefficient (Wildman–Crippen LogP) is 1.20. The van der Waals surface area contributed by atoms with Crippen LogP contribution < -0.4 is 11.5 Å². The zero-order valence-corrected chi connectivity index (χ0v) is 8.99. The van der Waals surface area contributed by atoms with Crippen molar-refractivity contribution < 1.29 is 9.90 Å². The Labute approximate surface area is 95.3 Å². The first-order valence-corrected chi connectivity index (χ1v) is 5.24. The number of hydrogen-bond acceptors (Lipinski definition) is 5. The first-order chi connectivity index (χ1) is 7.58. The molecule has 1 amide bonds. The van der Waals surface area contributed by atoms with E-state index in [0.717, 1.165) is 10.4 Å². The lowest BCUT2D eigenvalue weighted by atomic mass is 10.1. The highest BCUT2D eigenvalue weighted by Crippen LogP contribution is 2.30. The lowest BCUT2D eigenvalue weighted by Crippen LogP contribution is -2.11. The Hall–Kier alpha value is -2.08. The number of rotatable bonds is 2. The second kappa shape index (κ2) is 3.82. The van der Waals surface area contributed by atoms with E-state index < -0.39 is 5.91 Å². The molecule has 0 saturated carbocycles. The molecule has 0 aliphatic carbocycles. The van der Waals surface area contributed by atoms with Gasteiger partial charge in [-0.25, -0.2) is 4.98 Å². The van der Waals surface area contributed by atoms with Gasteiger partial charge in [0.1, 0.15) is 5.75 Å². The first-order valence-electron chi connectivity index (χ1n) is 4.42. The minimum Gasteiger partial charge on any atom is -0.507 e. The smallest absolute Gasteiger partial charge is 0.252 e. The van der Waals surface area contributed by atoms with E-state index >= 15 is 0 Å². The third kappa shape index (κ3) is 1.82. The largest absolute Gasteiger partial charge is 0.507 e. The summed E-state index contributed by atoms with van der Waals surface area (Å²) < 4.78 is 0. The van der Waals surface area contributed by atoms with Gasteiger partial charge in [0, 0.05) is 6.20 Å². The van der Waals surface area contributed by atoms with E-state index in [1.54, 1.807) is 12.3 Å². The Morgan fingerprint density at radius 1 is 1.44 bits per heavy atom. The molecule has 0 bridgehead atoms. The number of aromatic nitrogens is 1. The van der Waals surface area contributed by atoms with Crippen LogP contribution >= 0.6 is 11.3 Å². The summed E-state index contributed by atoms with van der Waals surface area (Å²) in [4.78, 5) is 15.8. The second-order valence-corrected chi connectivity index (χ2v) is 4.22. The van der Waals surface area contributed by atoms with Gasteiger partial charge in [-0.15, -0.1) is 0 Å². The predicted molar refractivity (Wildman–Crippen MR) is 62.1 cm³/mol. The summed E-state index contributed by atoms with van der Waals surface area (Å²) in [6, 6.07) is 4.62. The standard InChI is InChI=1S/C10H9N3O2S/c11-9(15)6-3-5(1-2-7(6)14)8-4-13-10(12)16-8/h1-4,14H,(H2,11,15)(H2,12,13). The number of carbonyl (C=O) groups is 1. The van der Waals surface area contributed by atoms with Crippen LogP contribution in [0.25, 0.3) is 10.4 Å². The fourth-order valence-corrected chi connectivity index (χ4v) is 1.99. The molecule has 0 aliphatic heterocycles. The van der Waals surface area contributed by atoms with Gasteiger partial charge in [-0.2, -0.15) is 0 Å². The summed E-state index contributed by atoms with van der Waals surface area (Å²) in [5, 5.41) is 9.87. The molecule has 0 fully saturated rings. The maximum atomic E-state index is 11.0. The lowest BCUT2D eigenvalue weighted by molar-refractivity contribution is 0.0998. The average Bonchev–Trinajstić information content (AvgIpc) is 2.65. The van der Waals surface area contributed by atoms with Crippen LogP contribution in [0.15, 0.2) is 24.4 Å². The molecular weight excluding hydrogens is 226 g/mol. The van der Waals surface area contributed by atoms with Gasteiger partial charge >= 0.3 is 0 Å². The van der Waals surface area contributed by atoms with E-state index in [2.05, 4.69) is 4.98 Å². The Morgan fingerprint density at radius 3 is 2.75 bits per heavy atom. The molecule has 0 spiro atoms. The molecule has 6 heteroatoms. The normalized spacial score (nSPS) is 10.2. The van der Waals surface area contributed by atoms with Crippen LogP contribution in [0.5, 0.6) is 5.75 Å². The average molecular weight is 235 g/mol. The number of nitrogens with two attached hydrogens (primary N) is 2. The van der Waals surface area contributed by atoms with Crippen LogP contribution in [0.4, 0.5) is 5.13 Å². The Bertz CT molecular complexity index is 551. The summed E-state index contributed by atoms with van der Waals surface area (Å²) in [5.74, 6) is -0.800. The number of thiazole rings is 1. The van der Waals surface area contributed by atoms with Crippen molar-refractivity contribution in [1.29, 1.82) is 0 Å². The van der Waals surface area contributed by atoms with Gasteiger partial charge < -0.3 is 16.6 Å². The van der Waals surface area contributed by atoms with Crippen molar-refractivity contribution in [2.75, 3.05) is 5.73 Å². The van der Waals surface area contributed by atoms with Crippen LogP contribution in [0.3, 0.4) is 0 Å². The minimum absolute atomic E-state index is 0.0875. The van der Waals surface area contributed by atoms with Crippen LogP contribution in [0.2, 0.25) is 0 Å². The van der Waals surface area contributed by atoms with Crippen LogP contribution in [-0.4, -0.2) is 16.0 Å². The molecule has 2 aromatic rings. The number of phenols is 1. The number of nitrogens with zero attached hydrogens (tertiary/aromatic N) is 1. The van der Waals surface area contributed by atoms with Crippen molar-refractivity contribution in [1.82, 2.24) is 4.98 Å². The molecule has 5 nitrogen and oxygen atoms in total. The van der Waals surface area contributed by atoms with Crippen molar-refractivity contribution in [3.8, 4) is 16.2 Å². The SMILES string of the molecule is NC(=O)c1cc(-c2cnc(N)s2)ccc1O. The summed E-state index contributed by atoms with van der Waals surface area (Å²) in [7, 11) is 0. The van der Waals surface area contributed by atoms with Gasteiger partial charge in [-0.05, 0) is 23.8 Å². The Morgan fingerprint density at radius 2 is 2.19 bits per heavy atom. The topological polar surface area (TPSA) is 102 Å². The number of benzene rings is 1. The third-order valence-electron chi connectivity index (χ3n) is 2.07. The summed E-state index contributed by atoms with van der Waals surface area (Å²) in [5.41, 5.74) is 11.5. The van der Waals surface area contributed by atoms with Crippen molar-refractivity contribution in [2.45, 2.75) is 0 Å². The fraction of sp³-hybridized carbons (Fsp3) is 0.